The van der Waals surface area contributed by atoms with Crippen molar-refractivity contribution in [3.8, 4) is 0 Å². The molecule has 1 fully saturated rings. The molecule has 0 aromatic heterocycles. The number of barbiturate groups is 1. The van der Waals surface area contributed by atoms with Gasteiger partial charge in [0.15, 0.2) is 0 Å². The first kappa shape index (κ1) is 20.1. The fourth-order valence-corrected chi connectivity index (χ4v) is 5.05. The van der Waals surface area contributed by atoms with Gasteiger partial charge in [0.25, 0.3) is 11.8 Å². The van der Waals surface area contributed by atoms with E-state index in [1.54, 1.807) is 24.3 Å². The summed E-state index contributed by atoms with van der Waals surface area (Å²) in [4.78, 5) is 38.2. The molecule has 9 heteroatoms. The van der Waals surface area contributed by atoms with Crippen molar-refractivity contribution >= 4 is 92.1 Å². The number of rotatable bonds is 3. The molecule has 138 valence electrons. The Morgan fingerprint density at radius 2 is 1.67 bits per heavy atom. The Bertz CT molecular complexity index is 967. The van der Waals surface area contributed by atoms with Crippen LogP contribution < -0.4 is 15.5 Å². The highest BCUT2D eigenvalue weighted by atomic mass is 127. The molecule has 2 N–H and O–H groups in total. The van der Waals surface area contributed by atoms with Crippen LogP contribution >= 0.6 is 56.8 Å². The second-order valence-corrected chi connectivity index (χ2v) is 8.30. The first-order valence-electron chi connectivity index (χ1n) is 7.65. The lowest BCUT2D eigenvalue weighted by atomic mass is 10.1. The third-order valence-corrected chi connectivity index (χ3v) is 5.77. The van der Waals surface area contributed by atoms with Gasteiger partial charge in [0.1, 0.15) is 5.57 Å². The van der Waals surface area contributed by atoms with Crippen LogP contribution in [0.2, 0.25) is 5.02 Å². The molecule has 0 aliphatic carbocycles. The van der Waals surface area contributed by atoms with Gasteiger partial charge in [-0.15, -0.1) is 0 Å². The number of nitrogens with zero attached hydrogens (tertiary/aromatic N) is 1. The lowest BCUT2D eigenvalue weighted by molar-refractivity contribution is -0.122. The lowest BCUT2D eigenvalue weighted by Gasteiger charge is -2.26. The minimum atomic E-state index is -0.792. The van der Waals surface area contributed by atoms with Gasteiger partial charge in [0.2, 0.25) is 0 Å². The van der Waals surface area contributed by atoms with Crippen LogP contribution in [0.1, 0.15) is 5.56 Å². The fourth-order valence-electron chi connectivity index (χ4n) is 2.56. The van der Waals surface area contributed by atoms with Crippen LogP contribution in [-0.4, -0.2) is 24.9 Å². The molecule has 0 bridgehead atoms. The van der Waals surface area contributed by atoms with Gasteiger partial charge >= 0.3 is 6.03 Å². The van der Waals surface area contributed by atoms with Gasteiger partial charge in [-0.25, -0.2) is 9.69 Å². The molecule has 2 aromatic rings. The van der Waals surface area contributed by atoms with E-state index in [9.17, 15) is 14.4 Å². The van der Waals surface area contributed by atoms with Crippen LogP contribution in [0, 0.1) is 7.14 Å². The molecule has 0 atom stereocenters. The molecule has 3 rings (SSSR count). The van der Waals surface area contributed by atoms with E-state index in [1.165, 1.54) is 6.08 Å². The molecule has 4 amide bonds. The van der Waals surface area contributed by atoms with E-state index < -0.39 is 17.8 Å². The smallest absolute Gasteiger partial charge is 0.335 e. The first-order valence-corrected chi connectivity index (χ1v) is 10.2. The van der Waals surface area contributed by atoms with Crippen molar-refractivity contribution in [2.75, 3.05) is 17.3 Å². The molecule has 1 heterocycles. The monoisotopic (exact) mass is 607 g/mol. The molecule has 0 unspecified atom stereocenters. The number of anilines is 2. The number of hydrogen-bond donors (Lipinski definition) is 2. The number of urea groups is 1. The summed E-state index contributed by atoms with van der Waals surface area (Å²) < 4.78 is 1.89. The third-order valence-electron chi connectivity index (χ3n) is 3.81. The Labute approximate surface area is 187 Å². The molecule has 1 aliphatic heterocycles. The van der Waals surface area contributed by atoms with Gasteiger partial charge in [-0.05, 0) is 93.2 Å². The number of amides is 4. The van der Waals surface area contributed by atoms with Gasteiger partial charge < -0.3 is 5.32 Å². The zero-order chi connectivity index (χ0) is 19.7. The summed E-state index contributed by atoms with van der Waals surface area (Å²) in [6.45, 7) is 0. The summed E-state index contributed by atoms with van der Waals surface area (Å²) in [5, 5.41) is 5.79. The lowest BCUT2D eigenvalue weighted by Crippen LogP contribution is -2.54. The maximum atomic E-state index is 12.9. The van der Waals surface area contributed by atoms with Crippen molar-refractivity contribution in [3.05, 3.63) is 59.7 Å². The Morgan fingerprint density at radius 3 is 2.22 bits per heavy atom. The highest BCUT2D eigenvalue weighted by molar-refractivity contribution is 14.1. The second-order valence-electron chi connectivity index (χ2n) is 5.54. The van der Waals surface area contributed by atoms with Crippen LogP contribution in [0.3, 0.4) is 0 Å². The maximum absolute atomic E-state index is 12.9. The summed E-state index contributed by atoms with van der Waals surface area (Å²) in [6, 6.07) is 9.13. The van der Waals surface area contributed by atoms with E-state index >= 15 is 0 Å². The Morgan fingerprint density at radius 1 is 1.07 bits per heavy atom. The molecule has 2 aromatic carbocycles. The molecule has 1 aliphatic rings. The fraction of sp³-hybridized carbons (Fsp3) is 0.0556. The average molecular weight is 608 g/mol. The second kappa shape index (κ2) is 8.15. The van der Waals surface area contributed by atoms with Crippen molar-refractivity contribution in [2.45, 2.75) is 0 Å². The number of imide groups is 2. The standard InChI is InChI=1S/C18H12ClI2N3O3/c1-22-15-13(20)7-9(8-14(15)21)6-12-16(25)23-18(27)24(17(12)26)11-4-2-10(19)3-5-11/h2-8,22H,1H3,(H,23,25,27)/b12-6+. The number of benzene rings is 2. The number of halogens is 3. The molecular formula is C18H12ClI2N3O3. The van der Waals surface area contributed by atoms with Crippen molar-refractivity contribution in [1.82, 2.24) is 5.32 Å². The Hall–Kier alpha value is -1.66. The van der Waals surface area contributed by atoms with E-state index in [-0.39, 0.29) is 5.57 Å². The maximum Gasteiger partial charge on any atom is 0.335 e. The van der Waals surface area contributed by atoms with Crippen LogP contribution in [-0.2, 0) is 9.59 Å². The van der Waals surface area contributed by atoms with Gasteiger partial charge in [-0.1, -0.05) is 11.6 Å². The van der Waals surface area contributed by atoms with Gasteiger partial charge in [-0.2, -0.15) is 0 Å². The van der Waals surface area contributed by atoms with E-state index in [2.05, 4.69) is 55.8 Å². The number of nitrogens with one attached hydrogen (secondary N) is 2. The van der Waals surface area contributed by atoms with Crippen molar-refractivity contribution in [2.24, 2.45) is 0 Å². The summed E-state index contributed by atoms with van der Waals surface area (Å²) in [7, 11) is 1.82. The minimum absolute atomic E-state index is 0.117. The highest BCUT2D eigenvalue weighted by Gasteiger charge is 2.36. The third kappa shape index (κ3) is 4.11. The zero-order valence-electron chi connectivity index (χ0n) is 13.8. The molecule has 1 saturated heterocycles. The van der Waals surface area contributed by atoms with Crippen molar-refractivity contribution in [1.29, 1.82) is 0 Å². The van der Waals surface area contributed by atoms with Crippen LogP contribution in [0.4, 0.5) is 16.2 Å². The van der Waals surface area contributed by atoms with Crippen LogP contribution in [0.5, 0.6) is 0 Å². The van der Waals surface area contributed by atoms with Crippen molar-refractivity contribution in [3.63, 3.8) is 0 Å². The normalized spacial score (nSPS) is 15.9. The highest BCUT2D eigenvalue weighted by Crippen LogP contribution is 2.28. The Balaban J connectivity index is 2.03. The predicted octanol–water partition coefficient (Wildman–Crippen LogP) is 4.26. The molecule has 6 nitrogen and oxygen atoms in total. The predicted molar refractivity (Wildman–Crippen MR) is 122 cm³/mol. The molecule has 0 radical (unpaired) electrons. The van der Waals surface area contributed by atoms with Crippen LogP contribution in [0.25, 0.3) is 6.08 Å². The van der Waals surface area contributed by atoms with E-state index in [0.717, 1.165) is 17.7 Å². The van der Waals surface area contributed by atoms with Crippen LogP contribution in [0.15, 0.2) is 42.0 Å². The number of hydrogen-bond acceptors (Lipinski definition) is 4. The van der Waals surface area contributed by atoms with Gasteiger partial charge in [0, 0.05) is 19.2 Å². The van der Waals surface area contributed by atoms with E-state index in [1.807, 2.05) is 19.2 Å². The molecule has 0 spiro atoms. The SMILES string of the molecule is CNc1c(I)cc(/C=C2\C(=O)NC(=O)N(c3ccc(Cl)cc3)C2=O)cc1I. The quantitative estimate of drug-likeness (QED) is 0.311. The summed E-state index contributed by atoms with van der Waals surface area (Å²) in [6.07, 6.45) is 1.48. The number of carbonyl (C=O) groups is 3. The first-order chi connectivity index (χ1) is 12.8. The summed E-state index contributed by atoms with van der Waals surface area (Å²) >= 11 is 10.2. The number of carbonyl (C=O) groups excluding carboxylic acids is 3. The van der Waals surface area contributed by atoms with Gasteiger partial charge in [0.05, 0.1) is 11.4 Å². The minimum Gasteiger partial charge on any atom is -0.386 e. The zero-order valence-corrected chi connectivity index (χ0v) is 18.9. The van der Waals surface area contributed by atoms with Crippen molar-refractivity contribution < 1.29 is 14.4 Å². The molecule has 0 saturated carbocycles. The summed E-state index contributed by atoms with van der Waals surface area (Å²) in [5.74, 6) is -1.41. The largest absolute Gasteiger partial charge is 0.386 e. The topological polar surface area (TPSA) is 78.5 Å². The van der Waals surface area contributed by atoms with E-state index in [4.69, 9.17) is 11.6 Å². The van der Waals surface area contributed by atoms with E-state index in [0.29, 0.717) is 16.3 Å². The Kier molecular flexibility index (Phi) is 6.06. The summed E-state index contributed by atoms with van der Waals surface area (Å²) in [5.41, 5.74) is 1.87. The van der Waals surface area contributed by atoms with Gasteiger partial charge in [-0.3, -0.25) is 14.9 Å². The average Bonchev–Trinajstić information content (AvgIpc) is 2.60. The molecular weight excluding hydrogens is 595 g/mol. The molecule has 27 heavy (non-hydrogen) atoms.